The fourth-order valence-corrected chi connectivity index (χ4v) is 3.72. The topological polar surface area (TPSA) is 0 Å². The Morgan fingerprint density at radius 1 is 0.769 bits per heavy atom. The van der Waals surface area contributed by atoms with E-state index in [1.54, 1.807) is 5.57 Å². The van der Waals surface area contributed by atoms with Gasteiger partial charge in [-0.25, -0.2) is 0 Å². The van der Waals surface area contributed by atoms with E-state index in [1.165, 1.54) is 63.4 Å². The van der Waals surface area contributed by atoms with Crippen molar-refractivity contribution in [1.29, 1.82) is 0 Å². The van der Waals surface area contributed by atoms with Gasteiger partial charge >= 0.3 is 0 Å². The summed E-state index contributed by atoms with van der Waals surface area (Å²) >= 11 is 0. The van der Waals surface area contributed by atoms with Gasteiger partial charge in [-0.3, -0.25) is 0 Å². The lowest BCUT2D eigenvalue weighted by Gasteiger charge is -2.15. The van der Waals surface area contributed by atoms with E-state index in [2.05, 4.69) is 71.0 Å². The summed E-state index contributed by atoms with van der Waals surface area (Å²) in [5, 5.41) is 0. The van der Waals surface area contributed by atoms with Crippen LogP contribution in [0.1, 0.15) is 98.0 Å². The quantitative estimate of drug-likeness (QED) is 0.293. The molecule has 0 heteroatoms. The molecule has 0 aliphatic carbocycles. The highest BCUT2D eigenvalue weighted by atomic mass is 14.1. The molecule has 0 nitrogen and oxygen atoms in total. The smallest absolute Gasteiger partial charge is 0.00949 e. The zero-order chi connectivity index (χ0) is 19.2. The number of hydrogen-bond acceptors (Lipinski definition) is 0. The fourth-order valence-electron chi connectivity index (χ4n) is 3.72. The van der Waals surface area contributed by atoms with Crippen LogP contribution in [-0.4, -0.2) is 0 Å². The highest BCUT2D eigenvalue weighted by molar-refractivity contribution is 5.18. The van der Waals surface area contributed by atoms with E-state index in [1.807, 2.05) is 0 Å². The van der Waals surface area contributed by atoms with Gasteiger partial charge in [0, 0.05) is 0 Å². The Labute approximate surface area is 164 Å². The Morgan fingerprint density at radius 2 is 1.31 bits per heavy atom. The summed E-state index contributed by atoms with van der Waals surface area (Å²) in [7, 11) is 0. The van der Waals surface area contributed by atoms with Crippen molar-refractivity contribution in [2.24, 2.45) is 17.8 Å². The highest BCUT2D eigenvalue weighted by Gasteiger charge is 2.06. The van der Waals surface area contributed by atoms with Gasteiger partial charge in [-0.05, 0) is 49.5 Å². The van der Waals surface area contributed by atoms with Crippen molar-refractivity contribution in [3.63, 3.8) is 0 Å². The van der Waals surface area contributed by atoms with E-state index in [9.17, 15) is 0 Å². The number of allylic oxidation sites excluding steroid dienone is 2. The first-order valence-electron chi connectivity index (χ1n) is 11.2. The molecule has 0 N–H and O–H groups in total. The molecule has 0 radical (unpaired) electrons. The average molecular weight is 357 g/mol. The van der Waals surface area contributed by atoms with Gasteiger partial charge in [-0.2, -0.15) is 0 Å². The molecule has 0 aliphatic rings. The highest BCUT2D eigenvalue weighted by Crippen LogP contribution is 2.22. The molecular weight excluding hydrogens is 312 g/mol. The third-order valence-electron chi connectivity index (χ3n) is 5.67. The molecule has 0 unspecified atom stereocenters. The van der Waals surface area contributed by atoms with Crippen molar-refractivity contribution in [3.8, 4) is 0 Å². The van der Waals surface area contributed by atoms with Gasteiger partial charge in [0.05, 0.1) is 0 Å². The molecule has 26 heavy (non-hydrogen) atoms. The van der Waals surface area contributed by atoms with Crippen molar-refractivity contribution >= 4 is 0 Å². The van der Waals surface area contributed by atoms with E-state index in [-0.39, 0.29) is 0 Å². The van der Waals surface area contributed by atoms with Crippen LogP contribution in [0.15, 0.2) is 42.0 Å². The van der Waals surface area contributed by atoms with Crippen LogP contribution < -0.4 is 0 Å². The van der Waals surface area contributed by atoms with Crippen LogP contribution in [0, 0.1) is 17.8 Å². The first kappa shape index (κ1) is 23.0. The van der Waals surface area contributed by atoms with Crippen molar-refractivity contribution < 1.29 is 0 Å². The monoisotopic (exact) mass is 356 g/mol. The maximum atomic E-state index is 2.45. The van der Waals surface area contributed by atoms with Gasteiger partial charge in [0.2, 0.25) is 0 Å². The second-order valence-electron chi connectivity index (χ2n) is 9.10. The summed E-state index contributed by atoms with van der Waals surface area (Å²) in [4.78, 5) is 0. The second kappa shape index (κ2) is 14.1. The van der Waals surface area contributed by atoms with Gasteiger partial charge < -0.3 is 0 Å². The molecule has 1 aromatic rings. The lowest BCUT2D eigenvalue weighted by Crippen LogP contribution is -2.00. The van der Waals surface area contributed by atoms with Crippen LogP contribution in [-0.2, 0) is 6.42 Å². The largest absolute Gasteiger partial charge is 0.0812 e. The Morgan fingerprint density at radius 3 is 1.88 bits per heavy atom. The minimum atomic E-state index is 0.868. The van der Waals surface area contributed by atoms with Crippen molar-refractivity contribution in [2.75, 3.05) is 0 Å². The van der Waals surface area contributed by atoms with Crippen LogP contribution in [0.2, 0.25) is 0 Å². The van der Waals surface area contributed by atoms with E-state index < -0.39 is 0 Å². The molecule has 1 aromatic carbocycles. The standard InChI is InChI=1S/C26H44/c1-22(2)12-9-13-23(3)14-10-15-24(4)16-11-17-25(5)20-21-26-18-7-6-8-19-26/h6-8,18-20,22-24H,9-17,21H2,1-5H3/b25-20+/t23-,24-/m1/s1. The minimum absolute atomic E-state index is 0.868. The molecule has 2 atom stereocenters. The van der Waals surface area contributed by atoms with Gasteiger partial charge in [0.1, 0.15) is 0 Å². The lowest BCUT2D eigenvalue weighted by atomic mass is 9.91. The summed E-state index contributed by atoms with van der Waals surface area (Å²) in [6.07, 6.45) is 16.0. The summed E-state index contributed by atoms with van der Waals surface area (Å²) in [6.45, 7) is 11.9. The summed E-state index contributed by atoms with van der Waals surface area (Å²) in [5.41, 5.74) is 2.97. The van der Waals surface area contributed by atoms with Gasteiger partial charge in [-0.15, -0.1) is 0 Å². The second-order valence-corrected chi connectivity index (χ2v) is 9.10. The summed E-state index contributed by atoms with van der Waals surface area (Å²) < 4.78 is 0. The van der Waals surface area contributed by atoms with E-state index in [0.717, 1.165) is 24.2 Å². The minimum Gasteiger partial charge on any atom is -0.0812 e. The molecule has 0 saturated carbocycles. The Bertz CT molecular complexity index is 468. The molecule has 0 saturated heterocycles. The molecular formula is C26H44. The number of hydrogen-bond donors (Lipinski definition) is 0. The predicted octanol–water partition coefficient (Wildman–Crippen LogP) is 8.61. The molecule has 0 aliphatic heterocycles. The molecule has 0 fully saturated rings. The zero-order valence-electron chi connectivity index (χ0n) is 18.3. The Balaban J connectivity index is 2.06. The molecule has 0 amide bonds. The summed E-state index contributed by atoms with van der Waals surface area (Å²) in [5.74, 6) is 2.68. The van der Waals surface area contributed by atoms with Crippen molar-refractivity contribution in [2.45, 2.75) is 98.8 Å². The van der Waals surface area contributed by atoms with Crippen molar-refractivity contribution in [1.82, 2.24) is 0 Å². The van der Waals surface area contributed by atoms with Crippen LogP contribution >= 0.6 is 0 Å². The Kier molecular flexibility index (Phi) is 12.4. The van der Waals surface area contributed by atoms with E-state index >= 15 is 0 Å². The van der Waals surface area contributed by atoms with Crippen molar-refractivity contribution in [3.05, 3.63) is 47.5 Å². The number of rotatable bonds is 14. The average Bonchev–Trinajstić information content (AvgIpc) is 2.60. The maximum absolute atomic E-state index is 2.45. The predicted molar refractivity (Wildman–Crippen MR) is 119 cm³/mol. The SMILES string of the molecule is C/C(=C\Cc1ccccc1)CCC[C@H](C)CCC[C@H](C)CCCC(C)C. The van der Waals surface area contributed by atoms with Crippen LogP contribution in [0.5, 0.6) is 0 Å². The first-order chi connectivity index (χ1) is 12.5. The van der Waals surface area contributed by atoms with E-state index in [0.29, 0.717) is 0 Å². The van der Waals surface area contributed by atoms with Crippen LogP contribution in [0.3, 0.4) is 0 Å². The zero-order valence-corrected chi connectivity index (χ0v) is 18.3. The van der Waals surface area contributed by atoms with Crippen LogP contribution in [0.4, 0.5) is 0 Å². The number of benzene rings is 1. The first-order valence-corrected chi connectivity index (χ1v) is 11.2. The Hall–Kier alpha value is -1.04. The molecule has 148 valence electrons. The maximum Gasteiger partial charge on any atom is -0.00949 e. The van der Waals surface area contributed by atoms with Crippen LogP contribution in [0.25, 0.3) is 0 Å². The van der Waals surface area contributed by atoms with Gasteiger partial charge in [0.25, 0.3) is 0 Å². The van der Waals surface area contributed by atoms with Gasteiger partial charge in [0.15, 0.2) is 0 Å². The lowest BCUT2D eigenvalue weighted by molar-refractivity contribution is 0.389. The molecule has 0 aromatic heterocycles. The third kappa shape index (κ3) is 12.3. The molecule has 0 heterocycles. The third-order valence-corrected chi connectivity index (χ3v) is 5.67. The molecule has 0 spiro atoms. The normalized spacial score (nSPS) is 14.6. The fraction of sp³-hybridized carbons (Fsp3) is 0.692. The summed E-state index contributed by atoms with van der Waals surface area (Å²) in [6, 6.07) is 10.8. The van der Waals surface area contributed by atoms with Gasteiger partial charge in [-0.1, -0.05) is 115 Å². The van der Waals surface area contributed by atoms with E-state index in [4.69, 9.17) is 0 Å². The molecule has 1 rings (SSSR count). The molecule has 0 bridgehead atoms.